The smallest absolute Gasteiger partial charge is 0.228 e. The summed E-state index contributed by atoms with van der Waals surface area (Å²) in [6.45, 7) is 4.80. The number of alkyl halides is 1. The number of rotatable bonds is 3. The normalized spacial score (nSPS) is 34.0. The van der Waals surface area contributed by atoms with Crippen molar-refractivity contribution in [3.63, 3.8) is 0 Å². The Kier molecular flexibility index (Phi) is 4.82. The second-order valence-electron chi connectivity index (χ2n) is 4.63. The summed E-state index contributed by atoms with van der Waals surface area (Å²) >= 11 is 3.46. The molecule has 5 heteroatoms. The van der Waals surface area contributed by atoms with Crippen molar-refractivity contribution in [1.82, 2.24) is 4.90 Å². The van der Waals surface area contributed by atoms with E-state index in [1.807, 2.05) is 4.90 Å². The maximum atomic E-state index is 12.5. The molecule has 3 atom stereocenters. The van der Waals surface area contributed by atoms with E-state index in [0.717, 1.165) is 24.8 Å². The van der Waals surface area contributed by atoms with Crippen molar-refractivity contribution in [1.29, 1.82) is 0 Å². The number of halogens is 1. The Bertz CT molecular complexity index is 274. The van der Waals surface area contributed by atoms with Crippen molar-refractivity contribution in [2.75, 3.05) is 31.7 Å². The van der Waals surface area contributed by atoms with Crippen molar-refractivity contribution >= 4 is 21.8 Å². The zero-order valence-electron chi connectivity index (χ0n) is 10.2. The second-order valence-corrected chi connectivity index (χ2v) is 5.27. The molecule has 0 aromatic rings. The van der Waals surface area contributed by atoms with E-state index in [4.69, 9.17) is 9.47 Å². The van der Waals surface area contributed by atoms with Gasteiger partial charge >= 0.3 is 0 Å². The molecule has 0 aromatic heterocycles. The molecule has 0 aromatic carbocycles. The van der Waals surface area contributed by atoms with Gasteiger partial charge in [-0.1, -0.05) is 22.9 Å². The molecule has 3 unspecified atom stereocenters. The van der Waals surface area contributed by atoms with Crippen LogP contribution in [0.4, 0.5) is 0 Å². The van der Waals surface area contributed by atoms with Crippen molar-refractivity contribution in [2.24, 2.45) is 5.92 Å². The summed E-state index contributed by atoms with van der Waals surface area (Å²) in [5, 5.41) is 0.781. The quantitative estimate of drug-likeness (QED) is 0.740. The van der Waals surface area contributed by atoms with Crippen LogP contribution in [0.5, 0.6) is 0 Å². The molecule has 2 fully saturated rings. The van der Waals surface area contributed by atoms with Crippen LogP contribution in [0.1, 0.15) is 19.8 Å². The molecule has 2 rings (SSSR count). The van der Waals surface area contributed by atoms with Crippen LogP contribution in [0, 0.1) is 5.92 Å². The number of hydrogen-bond donors (Lipinski definition) is 0. The maximum Gasteiger partial charge on any atom is 0.228 e. The summed E-state index contributed by atoms with van der Waals surface area (Å²) in [5.74, 6) is 0.307. The van der Waals surface area contributed by atoms with Gasteiger partial charge in [-0.05, 0) is 12.8 Å². The fraction of sp³-hybridized carbons (Fsp3) is 0.917. The first-order valence-electron chi connectivity index (χ1n) is 6.33. The third kappa shape index (κ3) is 2.83. The third-order valence-corrected chi connectivity index (χ3v) is 4.37. The molecular weight excluding hydrogens is 286 g/mol. The van der Waals surface area contributed by atoms with Crippen LogP contribution in [-0.2, 0) is 14.3 Å². The number of carbonyl (C=O) groups is 1. The molecule has 17 heavy (non-hydrogen) atoms. The number of morpholine rings is 1. The predicted molar refractivity (Wildman–Crippen MR) is 68.3 cm³/mol. The molecule has 4 nitrogen and oxygen atoms in total. The van der Waals surface area contributed by atoms with E-state index in [1.54, 1.807) is 0 Å². The molecule has 2 heterocycles. The summed E-state index contributed by atoms with van der Waals surface area (Å²) in [6.07, 6.45) is 1.89. The van der Waals surface area contributed by atoms with E-state index in [1.165, 1.54) is 0 Å². The summed E-state index contributed by atoms with van der Waals surface area (Å²) in [6, 6.07) is 0.175. The molecule has 2 aliphatic rings. The van der Waals surface area contributed by atoms with E-state index < -0.39 is 0 Å². The molecule has 2 saturated heterocycles. The molecule has 0 N–H and O–H groups in total. The highest BCUT2D eigenvalue weighted by Crippen LogP contribution is 2.27. The van der Waals surface area contributed by atoms with E-state index in [0.29, 0.717) is 19.8 Å². The molecule has 98 valence electrons. The summed E-state index contributed by atoms with van der Waals surface area (Å²) in [7, 11) is 0. The maximum absolute atomic E-state index is 12.5. The largest absolute Gasteiger partial charge is 0.377 e. The van der Waals surface area contributed by atoms with E-state index in [-0.39, 0.29) is 24.0 Å². The lowest BCUT2D eigenvalue weighted by Gasteiger charge is -2.36. The zero-order valence-corrected chi connectivity index (χ0v) is 11.8. The number of ether oxygens (including phenoxy) is 2. The highest BCUT2D eigenvalue weighted by atomic mass is 79.9. The van der Waals surface area contributed by atoms with Gasteiger partial charge in [0.05, 0.1) is 31.3 Å². The minimum absolute atomic E-state index is 0.0552. The number of carbonyl (C=O) groups excluding carboxylic acids is 1. The van der Waals surface area contributed by atoms with Gasteiger partial charge in [0.2, 0.25) is 5.91 Å². The van der Waals surface area contributed by atoms with Crippen LogP contribution in [0.15, 0.2) is 0 Å². The molecular formula is C12H20BrNO3. The monoisotopic (exact) mass is 305 g/mol. The SMILES string of the molecule is CCC1OCCC1C(=O)N1CCOCC1CBr. The van der Waals surface area contributed by atoms with Crippen LogP contribution in [-0.4, -0.2) is 54.6 Å². The van der Waals surface area contributed by atoms with Crippen molar-refractivity contribution in [3.8, 4) is 0 Å². The lowest BCUT2D eigenvalue weighted by Crippen LogP contribution is -2.52. The molecule has 0 radical (unpaired) electrons. The van der Waals surface area contributed by atoms with Crippen molar-refractivity contribution < 1.29 is 14.3 Å². The Hall–Kier alpha value is -0.130. The van der Waals surface area contributed by atoms with Gasteiger partial charge in [0.25, 0.3) is 0 Å². The van der Waals surface area contributed by atoms with E-state index >= 15 is 0 Å². The standard InChI is InChI=1S/C12H20BrNO3/c1-2-11-10(3-5-17-11)12(15)14-4-6-16-8-9(14)7-13/h9-11H,2-8H2,1H3. The average molecular weight is 306 g/mol. The van der Waals surface area contributed by atoms with Gasteiger partial charge in [0, 0.05) is 18.5 Å². The Morgan fingerprint density at radius 2 is 2.29 bits per heavy atom. The molecule has 0 bridgehead atoms. The highest BCUT2D eigenvalue weighted by Gasteiger charge is 2.38. The first-order valence-corrected chi connectivity index (χ1v) is 7.45. The van der Waals surface area contributed by atoms with Crippen LogP contribution in [0.25, 0.3) is 0 Å². The summed E-state index contributed by atoms with van der Waals surface area (Å²) < 4.78 is 11.0. The van der Waals surface area contributed by atoms with Gasteiger partial charge < -0.3 is 14.4 Å². The third-order valence-electron chi connectivity index (χ3n) is 3.62. The summed E-state index contributed by atoms with van der Waals surface area (Å²) in [4.78, 5) is 14.5. The Labute approximate surface area is 111 Å². The van der Waals surface area contributed by atoms with Crippen LogP contribution in [0.3, 0.4) is 0 Å². The van der Waals surface area contributed by atoms with E-state index in [9.17, 15) is 4.79 Å². The van der Waals surface area contributed by atoms with Crippen LogP contribution in [0.2, 0.25) is 0 Å². The topological polar surface area (TPSA) is 38.8 Å². The van der Waals surface area contributed by atoms with Crippen molar-refractivity contribution in [2.45, 2.75) is 31.9 Å². The fourth-order valence-corrected chi connectivity index (χ4v) is 3.16. The lowest BCUT2D eigenvalue weighted by atomic mass is 9.97. The van der Waals surface area contributed by atoms with Gasteiger partial charge in [-0.2, -0.15) is 0 Å². The minimum Gasteiger partial charge on any atom is -0.377 e. The molecule has 0 aliphatic carbocycles. The first kappa shape index (κ1) is 13.3. The zero-order chi connectivity index (χ0) is 12.3. The molecule has 2 aliphatic heterocycles. The lowest BCUT2D eigenvalue weighted by molar-refractivity contribution is -0.145. The minimum atomic E-state index is 0.0552. The van der Waals surface area contributed by atoms with Crippen LogP contribution < -0.4 is 0 Å². The Morgan fingerprint density at radius 1 is 1.47 bits per heavy atom. The molecule has 0 saturated carbocycles. The van der Waals surface area contributed by atoms with Gasteiger partial charge in [-0.15, -0.1) is 0 Å². The highest BCUT2D eigenvalue weighted by molar-refractivity contribution is 9.09. The number of nitrogens with zero attached hydrogens (tertiary/aromatic N) is 1. The number of amides is 1. The average Bonchev–Trinajstić information content (AvgIpc) is 2.86. The molecule has 0 spiro atoms. The number of hydrogen-bond acceptors (Lipinski definition) is 3. The predicted octanol–water partition coefficient (Wildman–Crippen LogP) is 1.42. The van der Waals surface area contributed by atoms with Gasteiger partial charge in [-0.3, -0.25) is 4.79 Å². The van der Waals surface area contributed by atoms with Crippen LogP contribution >= 0.6 is 15.9 Å². The molecule has 1 amide bonds. The first-order chi connectivity index (χ1) is 8.27. The van der Waals surface area contributed by atoms with Gasteiger partial charge in [0.1, 0.15) is 0 Å². The fourth-order valence-electron chi connectivity index (χ4n) is 2.62. The Morgan fingerprint density at radius 3 is 3.00 bits per heavy atom. The second kappa shape index (κ2) is 6.16. The van der Waals surface area contributed by atoms with E-state index in [2.05, 4.69) is 22.9 Å². The summed E-state index contributed by atoms with van der Waals surface area (Å²) in [5.41, 5.74) is 0. The van der Waals surface area contributed by atoms with Gasteiger partial charge in [-0.25, -0.2) is 0 Å². The Balaban J connectivity index is 2.02. The van der Waals surface area contributed by atoms with Gasteiger partial charge in [0.15, 0.2) is 0 Å². The van der Waals surface area contributed by atoms with Crippen molar-refractivity contribution in [3.05, 3.63) is 0 Å².